The zero-order chi connectivity index (χ0) is 20.6. The molecule has 0 radical (unpaired) electrons. The Morgan fingerprint density at radius 1 is 1.10 bits per heavy atom. The van der Waals surface area contributed by atoms with E-state index in [2.05, 4.69) is 10.3 Å². The first-order valence-electron chi connectivity index (χ1n) is 8.48. The molecule has 2 aromatic carbocycles. The number of amides is 1. The minimum atomic E-state index is -0.682. The molecule has 0 atom stereocenters. The first-order chi connectivity index (χ1) is 14.0. The summed E-state index contributed by atoms with van der Waals surface area (Å²) in [5.74, 6) is -0.0629. The van der Waals surface area contributed by atoms with E-state index in [1.54, 1.807) is 31.4 Å². The van der Waals surface area contributed by atoms with E-state index in [0.717, 1.165) is 17.0 Å². The lowest BCUT2D eigenvalue weighted by Crippen LogP contribution is -2.23. The van der Waals surface area contributed by atoms with Crippen molar-refractivity contribution in [2.45, 2.75) is 0 Å². The van der Waals surface area contributed by atoms with Crippen molar-refractivity contribution in [1.29, 1.82) is 0 Å². The summed E-state index contributed by atoms with van der Waals surface area (Å²) in [4.78, 5) is 28.1. The van der Waals surface area contributed by atoms with Crippen LogP contribution in [0, 0.1) is 0 Å². The summed E-state index contributed by atoms with van der Waals surface area (Å²) >= 11 is 7.21. The van der Waals surface area contributed by atoms with E-state index in [9.17, 15) is 9.59 Å². The van der Waals surface area contributed by atoms with Crippen LogP contribution in [0.3, 0.4) is 0 Å². The van der Waals surface area contributed by atoms with Crippen molar-refractivity contribution >= 4 is 39.9 Å². The molecule has 0 aliphatic rings. The fraction of sp³-hybridized carbons (Fsp3) is 0.150. The van der Waals surface area contributed by atoms with Crippen LogP contribution in [0.5, 0.6) is 11.5 Å². The molecule has 0 aliphatic carbocycles. The van der Waals surface area contributed by atoms with Crippen LogP contribution < -0.4 is 14.8 Å². The number of nitrogens with one attached hydrogen (secondary N) is 1. The van der Waals surface area contributed by atoms with Crippen molar-refractivity contribution < 1.29 is 23.8 Å². The number of thiazole rings is 1. The Kier molecular flexibility index (Phi) is 7.04. The van der Waals surface area contributed by atoms with Crippen LogP contribution in [0.1, 0.15) is 0 Å². The van der Waals surface area contributed by atoms with E-state index in [-0.39, 0.29) is 6.61 Å². The van der Waals surface area contributed by atoms with Crippen LogP contribution in [0.4, 0.5) is 5.13 Å². The van der Waals surface area contributed by atoms with Crippen molar-refractivity contribution in [3.05, 3.63) is 58.9 Å². The number of rotatable bonds is 8. The Labute approximate surface area is 176 Å². The summed E-state index contributed by atoms with van der Waals surface area (Å²) in [6, 6.07) is 14.2. The van der Waals surface area contributed by atoms with E-state index in [1.165, 1.54) is 11.3 Å². The third kappa shape index (κ3) is 5.94. The number of aromatic nitrogens is 1. The molecule has 0 saturated heterocycles. The first-order valence-corrected chi connectivity index (χ1v) is 9.73. The molecule has 0 spiro atoms. The second-order valence-electron chi connectivity index (χ2n) is 5.69. The van der Waals surface area contributed by atoms with Crippen molar-refractivity contribution in [2.75, 3.05) is 25.6 Å². The highest BCUT2D eigenvalue weighted by atomic mass is 35.5. The van der Waals surface area contributed by atoms with E-state index >= 15 is 0 Å². The number of halogens is 1. The largest absolute Gasteiger partial charge is 0.497 e. The van der Waals surface area contributed by atoms with Gasteiger partial charge in [0.15, 0.2) is 18.3 Å². The van der Waals surface area contributed by atoms with Gasteiger partial charge in [0, 0.05) is 10.9 Å². The summed E-state index contributed by atoms with van der Waals surface area (Å²) in [5, 5.41) is 5.21. The van der Waals surface area contributed by atoms with E-state index in [0.29, 0.717) is 15.9 Å². The summed E-state index contributed by atoms with van der Waals surface area (Å²) in [7, 11) is 1.60. The number of nitrogens with zero attached hydrogens (tertiary/aromatic N) is 1. The van der Waals surface area contributed by atoms with Gasteiger partial charge in [0.05, 0.1) is 17.8 Å². The molecule has 0 aliphatic heterocycles. The van der Waals surface area contributed by atoms with Crippen molar-refractivity contribution in [3.8, 4) is 22.8 Å². The fourth-order valence-corrected chi connectivity index (χ4v) is 3.19. The monoisotopic (exact) mass is 432 g/mol. The van der Waals surface area contributed by atoms with Gasteiger partial charge >= 0.3 is 5.97 Å². The van der Waals surface area contributed by atoms with Crippen molar-refractivity contribution in [3.63, 3.8) is 0 Å². The lowest BCUT2D eigenvalue weighted by atomic mass is 10.2. The molecule has 150 valence electrons. The zero-order valence-corrected chi connectivity index (χ0v) is 17.0. The van der Waals surface area contributed by atoms with Crippen molar-refractivity contribution in [1.82, 2.24) is 4.98 Å². The number of ether oxygens (including phenoxy) is 3. The summed E-state index contributed by atoms with van der Waals surface area (Å²) in [6.07, 6.45) is 0. The number of esters is 1. The number of carbonyl (C=O) groups is 2. The summed E-state index contributed by atoms with van der Waals surface area (Å²) in [5.41, 5.74) is 1.61. The zero-order valence-electron chi connectivity index (χ0n) is 15.4. The molecule has 7 nitrogen and oxygen atoms in total. The highest BCUT2D eigenvalue weighted by molar-refractivity contribution is 7.14. The molecule has 0 unspecified atom stereocenters. The Balaban J connectivity index is 1.45. The third-order valence-electron chi connectivity index (χ3n) is 3.68. The van der Waals surface area contributed by atoms with Gasteiger partial charge in [-0.3, -0.25) is 10.1 Å². The topological polar surface area (TPSA) is 86.8 Å². The predicted octanol–water partition coefficient (Wildman–Crippen LogP) is 4.03. The van der Waals surface area contributed by atoms with E-state index < -0.39 is 18.5 Å². The number of carbonyl (C=O) groups excluding carboxylic acids is 2. The molecule has 1 aromatic heterocycles. The average molecular weight is 433 g/mol. The van der Waals surface area contributed by atoms with Gasteiger partial charge in [-0.25, -0.2) is 9.78 Å². The van der Waals surface area contributed by atoms with Crippen LogP contribution in [-0.4, -0.2) is 37.2 Å². The maximum atomic E-state index is 12.0. The fourth-order valence-electron chi connectivity index (χ4n) is 2.27. The molecule has 1 heterocycles. The first kappa shape index (κ1) is 20.6. The van der Waals surface area contributed by atoms with Gasteiger partial charge in [0.2, 0.25) is 0 Å². The van der Waals surface area contributed by atoms with Crippen LogP contribution in [0.15, 0.2) is 53.9 Å². The van der Waals surface area contributed by atoms with E-state index in [4.69, 9.17) is 25.8 Å². The highest BCUT2D eigenvalue weighted by Crippen LogP contribution is 2.26. The Bertz CT molecular complexity index is 991. The summed E-state index contributed by atoms with van der Waals surface area (Å²) in [6.45, 7) is -0.794. The molecule has 1 amide bonds. The van der Waals surface area contributed by atoms with Crippen LogP contribution in [0.25, 0.3) is 11.3 Å². The van der Waals surface area contributed by atoms with Gasteiger partial charge in [-0.05, 0) is 36.4 Å². The molecule has 9 heteroatoms. The minimum Gasteiger partial charge on any atom is -0.497 e. The van der Waals surface area contributed by atoms with Gasteiger partial charge in [-0.2, -0.15) is 0 Å². The smallest absolute Gasteiger partial charge is 0.344 e. The molecular weight excluding hydrogens is 416 g/mol. The highest BCUT2D eigenvalue weighted by Gasteiger charge is 2.12. The average Bonchev–Trinajstić information content (AvgIpc) is 3.20. The number of para-hydroxylation sites is 1. The van der Waals surface area contributed by atoms with Crippen LogP contribution in [0.2, 0.25) is 5.02 Å². The maximum Gasteiger partial charge on any atom is 0.344 e. The number of anilines is 1. The second kappa shape index (κ2) is 9.90. The third-order valence-corrected chi connectivity index (χ3v) is 4.75. The number of hydrogen-bond acceptors (Lipinski definition) is 7. The predicted molar refractivity (Wildman–Crippen MR) is 111 cm³/mol. The van der Waals surface area contributed by atoms with Crippen LogP contribution >= 0.6 is 22.9 Å². The van der Waals surface area contributed by atoms with Crippen molar-refractivity contribution in [2.24, 2.45) is 0 Å². The quantitative estimate of drug-likeness (QED) is 0.541. The molecule has 0 fully saturated rings. The van der Waals surface area contributed by atoms with Gasteiger partial charge in [0.25, 0.3) is 5.91 Å². The molecule has 3 rings (SSSR count). The lowest BCUT2D eigenvalue weighted by Gasteiger charge is -2.08. The molecule has 29 heavy (non-hydrogen) atoms. The van der Waals surface area contributed by atoms with Gasteiger partial charge in [-0.15, -0.1) is 11.3 Å². The normalized spacial score (nSPS) is 10.3. The molecule has 3 aromatic rings. The van der Waals surface area contributed by atoms with Crippen LogP contribution in [-0.2, 0) is 14.3 Å². The molecule has 0 bridgehead atoms. The van der Waals surface area contributed by atoms with Gasteiger partial charge < -0.3 is 14.2 Å². The summed E-state index contributed by atoms with van der Waals surface area (Å²) < 4.78 is 15.3. The SMILES string of the molecule is COc1ccc(-c2csc(NC(=O)COC(=O)COc3ccccc3Cl)n2)cc1. The number of methoxy groups -OCH3 is 1. The van der Waals surface area contributed by atoms with Gasteiger partial charge in [0.1, 0.15) is 11.5 Å². The number of hydrogen-bond donors (Lipinski definition) is 1. The standard InChI is InChI=1S/C20H17ClN2O5S/c1-26-14-8-6-13(7-9-14)16-12-29-20(22-16)23-18(24)10-28-19(25)11-27-17-5-3-2-4-15(17)21/h2-9,12H,10-11H2,1H3,(H,22,23,24). The lowest BCUT2D eigenvalue weighted by molar-refractivity contribution is -0.149. The number of benzene rings is 2. The minimum absolute atomic E-state index is 0.351. The Morgan fingerprint density at radius 2 is 1.86 bits per heavy atom. The molecule has 0 saturated carbocycles. The maximum absolute atomic E-state index is 12.0. The second-order valence-corrected chi connectivity index (χ2v) is 6.96. The van der Waals surface area contributed by atoms with Gasteiger partial charge in [-0.1, -0.05) is 23.7 Å². The molecule has 1 N–H and O–H groups in total. The Morgan fingerprint density at radius 3 is 2.59 bits per heavy atom. The van der Waals surface area contributed by atoms with E-state index in [1.807, 2.05) is 29.6 Å². The molecular formula is C20H17ClN2O5S. The Hall–Kier alpha value is -3.10.